The van der Waals surface area contributed by atoms with Gasteiger partial charge in [-0.15, -0.1) is 0 Å². The van der Waals surface area contributed by atoms with Crippen LogP contribution >= 0.6 is 0 Å². The predicted octanol–water partition coefficient (Wildman–Crippen LogP) is 2.20. The summed E-state index contributed by atoms with van der Waals surface area (Å²) in [5.41, 5.74) is 7.39. The van der Waals surface area contributed by atoms with Crippen LogP contribution in [0.4, 0.5) is 10.5 Å². The maximum Gasteiger partial charge on any atom is 0.412 e. The molecule has 0 bridgehead atoms. The van der Waals surface area contributed by atoms with Crippen LogP contribution in [0, 0.1) is 6.92 Å². The number of aryl methyl sites for hydroxylation is 1. The van der Waals surface area contributed by atoms with Gasteiger partial charge in [-0.25, -0.2) is 4.79 Å². The van der Waals surface area contributed by atoms with Crippen molar-refractivity contribution in [1.82, 2.24) is 0 Å². The molecule has 5 nitrogen and oxygen atoms in total. The summed E-state index contributed by atoms with van der Waals surface area (Å²) in [5, 5.41) is 12.3. The molecule has 0 aromatic heterocycles. The average molecular weight is 280 g/mol. The van der Waals surface area contributed by atoms with Gasteiger partial charge in [0.25, 0.3) is 0 Å². The summed E-state index contributed by atoms with van der Waals surface area (Å²) in [4.78, 5) is 11.8. The van der Waals surface area contributed by atoms with Crippen molar-refractivity contribution in [2.24, 2.45) is 5.73 Å². The van der Waals surface area contributed by atoms with Crippen LogP contribution in [0.15, 0.2) is 18.2 Å². The van der Waals surface area contributed by atoms with Crippen LogP contribution in [0.5, 0.6) is 0 Å². The van der Waals surface area contributed by atoms with E-state index in [9.17, 15) is 9.90 Å². The molecule has 4 N–H and O–H groups in total. The number of aliphatic hydroxyl groups is 1. The molecular weight excluding hydrogens is 256 g/mol. The van der Waals surface area contributed by atoms with Gasteiger partial charge in [-0.05, 0) is 51.3 Å². The van der Waals surface area contributed by atoms with Gasteiger partial charge in [-0.2, -0.15) is 0 Å². The molecule has 0 aliphatic heterocycles. The summed E-state index contributed by atoms with van der Waals surface area (Å²) in [6.07, 6.45) is -0.607. The molecule has 1 rings (SSSR count). The highest BCUT2D eigenvalue weighted by molar-refractivity contribution is 5.86. The molecule has 0 radical (unpaired) electrons. The van der Waals surface area contributed by atoms with Gasteiger partial charge in [0.2, 0.25) is 0 Å². The number of carbonyl (C=O) groups is 1. The topological polar surface area (TPSA) is 84.6 Å². The maximum atomic E-state index is 11.8. The van der Waals surface area contributed by atoms with Gasteiger partial charge < -0.3 is 15.6 Å². The molecule has 1 atom stereocenters. The number of benzene rings is 1. The summed E-state index contributed by atoms with van der Waals surface area (Å²) in [7, 11) is 0. The molecular formula is C15H24N2O3. The Morgan fingerprint density at radius 3 is 2.65 bits per heavy atom. The van der Waals surface area contributed by atoms with Crippen molar-refractivity contribution in [2.75, 3.05) is 11.9 Å². The third kappa shape index (κ3) is 5.59. The summed E-state index contributed by atoms with van der Waals surface area (Å²) in [5.74, 6) is 0. The van der Waals surface area contributed by atoms with E-state index in [1.54, 1.807) is 0 Å². The monoisotopic (exact) mass is 280 g/mol. The second-order valence-corrected chi connectivity index (χ2v) is 5.87. The van der Waals surface area contributed by atoms with E-state index in [0.717, 1.165) is 11.1 Å². The number of amides is 1. The lowest BCUT2D eigenvalue weighted by Crippen LogP contribution is -2.27. The highest BCUT2D eigenvalue weighted by Gasteiger charge is 2.17. The highest BCUT2D eigenvalue weighted by Crippen LogP contribution is 2.19. The molecule has 0 aliphatic carbocycles. The molecule has 0 spiro atoms. The number of anilines is 1. The van der Waals surface area contributed by atoms with Crippen LogP contribution in [-0.4, -0.2) is 29.4 Å². The van der Waals surface area contributed by atoms with Gasteiger partial charge in [0.15, 0.2) is 0 Å². The van der Waals surface area contributed by atoms with E-state index in [4.69, 9.17) is 10.5 Å². The van der Waals surface area contributed by atoms with Crippen molar-refractivity contribution < 1.29 is 14.6 Å². The molecule has 112 valence electrons. The van der Waals surface area contributed by atoms with E-state index >= 15 is 0 Å². The first kappa shape index (κ1) is 16.5. The van der Waals surface area contributed by atoms with Crippen LogP contribution in [0.25, 0.3) is 0 Å². The standard InChI is InChI=1S/C15H24N2O3/c1-10-5-6-11(7-12(18)9-16)8-13(10)17-14(19)20-15(2,3)4/h5-6,8,12,18H,7,9,16H2,1-4H3,(H,17,19). The van der Waals surface area contributed by atoms with E-state index in [1.807, 2.05) is 45.9 Å². The molecule has 1 unspecified atom stereocenters. The zero-order valence-electron chi connectivity index (χ0n) is 12.6. The Kier molecular flexibility index (Phi) is 5.53. The van der Waals surface area contributed by atoms with Gasteiger partial charge in [-0.1, -0.05) is 12.1 Å². The molecule has 0 fully saturated rings. The Bertz CT molecular complexity index is 467. The normalized spacial score (nSPS) is 12.9. The van der Waals surface area contributed by atoms with Crippen LogP contribution in [0.3, 0.4) is 0 Å². The number of hydrogen-bond acceptors (Lipinski definition) is 4. The number of rotatable bonds is 4. The van der Waals surface area contributed by atoms with E-state index in [1.165, 1.54) is 0 Å². The number of ether oxygens (including phenoxy) is 1. The molecule has 0 saturated heterocycles. The summed E-state index contributed by atoms with van der Waals surface area (Å²) < 4.78 is 5.22. The lowest BCUT2D eigenvalue weighted by Gasteiger charge is -2.20. The lowest BCUT2D eigenvalue weighted by atomic mass is 10.0. The summed E-state index contributed by atoms with van der Waals surface area (Å²) in [6.45, 7) is 7.55. The maximum absolute atomic E-state index is 11.8. The van der Waals surface area contributed by atoms with Crippen molar-refractivity contribution in [3.63, 3.8) is 0 Å². The quantitative estimate of drug-likeness (QED) is 0.789. The first-order chi connectivity index (χ1) is 9.21. The summed E-state index contributed by atoms with van der Waals surface area (Å²) in [6, 6.07) is 5.64. The number of aliphatic hydroxyl groups excluding tert-OH is 1. The minimum Gasteiger partial charge on any atom is -0.444 e. The number of carbonyl (C=O) groups excluding carboxylic acids is 1. The first-order valence-corrected chi connectivity index (χ1v) is 6.69. The molecule has 20 heavy (non-hydrogen) atoms. The second-order valence-electron chi connectivity index (χ2n) is 5.87. The van der Waals surface area contributed by atoms with E-state index in [0.29, 0.717) is 12.1 Å². The van der Waals surface area contributed by atoms with Crippen molar-refractivity contribution in [3.05, 3.63) is 29.3 Å². The Labute approximate surface area is 120 Å². The van der Waals surface area contributed by atoms with Crippen molar-refractivity contribution >= 4 is 11.8 Å². The predicted molar refractivity (Wildman–Crippen MR) is 79.8 cm³/mol. The second kappa shape index (κ2) is 6.72. The fourth-order valence-corrected chi connectivity index (χ4v) is 1.70. The van der Waals surface area contributed by atoms with Gasteiger partial charge in [0.1, 0.15) is 5.60 Å². The Balaban J connectivity index is 2.79. The van der Waals surface area contributed by atoms with Gasteiger partial charge in [0.05, 0.1) is 6.10 Å². The first-order valence-electron chi connectivity index (χ1n) is 6.69. The highest BCUT2D eigenvalue weighted by atomic mass is 16.6. The van der Waals surface area contributed by atoms with Crippen LogP contribution in [0.2, 0.25) is 0 Å². The molecule has 0 heterocycles. The average Bonchev–Trinajstić information content (AvgIpc) is 2.30. The fraction of sp³-hybridized carbons (Fsp3) is 0.533. The lowest BCUT2D eigenvalue weighted by molar-refractivity contribution is 0.0636. The molecule has 0 saturated carbocycles. The smallest absolute Gasteiger partial charge is 0.412 e. The fourth-order valence-electron chi connectivity index (χ4n) is 1.70. The Morgan fingerprint density at radius 2 is 2.10 bits per heavy atom. The Hall–Kier alpha value is -1.59. The SMILES string of the molecule is Cc1ccc(CC(O)CN)cc1NC(=O)OC(C)(C)C. The van der Waals surface area contributed by atoms with Crippen molar-refractivity contribution in [2.45, 2.75) is 45.8 Å². The minimum absolute atomic E-state index is 0.211. The van der Waals surface area contributed by atoms with E-state index in [2.05, 4.69) is 5.32 Å². The molecule has 1 amide bonds. The number of hydrogen-bond donors (Lipinski definition) is 3. The zero-order valence-corrected chi connectivity index (χ0v) is 12.6. The summed E-state index contributed by atoms with van der Waals surface area (Å²) >= 11 is 0. The number of nitrogens with one attached hydrogen (secondary N) is 1. The van der Waals surface area contributed by atoms with Crippen LogP contribution < -0.4 is 11.1 Å². The van der Waals surface area contributed by atoms with Gasteiger partial charge in [-0.3, -0.25) is 5.32 Å². The van der Waals surface area contributed by atoms with Crippen molar-refractivity contribution in [1.29, 1.82) is 0 Å². The third-order valence-corrected chi connectivity index (χ3v) is 2.68. The molecule has 0 aliphatic rings. The minimum atomic E-state index is -0.577. The third-order valence-electron chi connectivity index (χ3n) is 2.68. The van der Waals surface area contributed by atoms with Crippen LogP contribution in [0.1, 0.15) is 31.9 Å². The van der Waals surface area contributed by atoms with E-state index < -0.39 is 17.8 Å². The zero-order chi connectivity index (χ0) is 15.3. The molecule has 1 aromatic carbocycles. The van der Waals surface area contributed by atoms with Gasteiger partial charge >= 0.3 is 6.09 Å². The van der Waals surface area contributed by atoms with E-state index in [-0.39, 0.29) is 6.54 Å². The van der Waals surface area contributed by atoms with Crippen molar-refractivity contribution in [3.8, 4) is 0 Å². The van der Waals surface area contributed by atoms with Crippen LogP contribution in [-0.2, 0) is 11.2 Å². The number of nitrogens with two attached hydrogens (primary N) is 1. The largest absolute Gasteiger partial charge is 0.444 e. The molecule has 1 aromatic rings. The molecule has 5 heteroatoms. The Morgan fingerprint density at radius 1 is 1.45 bits per heavy atom. The van der Waals surface area contributed by atoms with Gasteiger partial charge in [0, 0.05) is 12.2 Å².